The number of nitro groups is 1. The van der Waals surface area contributed by atoms with Gasteiger partial charge in [0.25, 0.3) is 5.69 Å². The number of carbonyl (C=O) groups is 1. The fraction of sp³-hybridized carbons (Fsp3) is 0.417. The van der Waals surface area contributed by atoms with Gasteiger partial charge in [-0.1, -0.05) is 24.9 Å². The minimum Gasteiger partial charge on any atom is -0.330 e. The predicted molar refractivity (Wildman–Crippen MR) is 74.2 cm³/mol. The van der Waals surface area contributed by atoms with Crippen LogP contribution in [0, 0.1) is 16.0 Å². The average molecular weight is 286 g/mol. The summed E-state index contributed by atoms with van der Waals surface area (Å²) in [6.07, 6.45) is 1.01. The zero-order valence-electron chi connectivity index (χ0n) is 10.6. The van der Waals surface area contributed by atoms with E-state index in [0.717, 1.165) is 6.42 Å². The van der Waals surface area contributed by atoms with Gasteiger partial charge < -0.3 is 11.1 Å². The van der Waals surface area contributed by atoms with E-state index in [1.807, 2.05) is 6.92 Å². The Morgan fingerprint density at radius 3 is 2.79 bits per heavy atom. The zero-order valence-corrected chi connectivity index (χ0v) is 11.3. The highest BCUT2D eigenvalue weighted by Crippen LogP contribution is 2.28. The zero-order chi connectivity index (χ0) is 14.4. The summed E-state index contributed by atoms with van der Waals surface area (Å²) in [6, 6.07) is 4.03. The number of nitro benzene ring substituents is 1. The third-order valence-corrected chi connectivity index (χ3v) is 3.05. The third-order valence-electron chi connectivity index (χ3n) is 2.81. The molecular weight excluding hydrogens is 270 g/mol. The summed E-state index contributed by atoms with van der Waals surface area (Å²) < 4.78 is 0. The molecule has 0 saturated heterocycles. The van der Waals surface area contributed by atoms with E-state index < -0.39 is 4.92 Å². The van der Waals surface area contributed by atoms with Crippen molar-refractivity contribution in [3.63, 3.8) is 0 Å². The number of halogens is 1. The SMILES string of the molecule is CCC(CN)CC(=O)Nc1cc(Cl)ccc1[N+](=O)[O-]. The molecule has 6 nitrogen and oxygen atoms in total. The number of rotatable bonds is 6. The maximum absolute atomic E-state index is 11.8. The molecule has 19 heavy (non-hydrogen) atoms. The van der Waals surface area contributed by atoms with Gasteiger partial charge in [0.1, 0.15) is 5.69 Å². The van der Waals surface area contributed by atoms with Crippen LogP contribution in [-0.4, -0.2) is 17.4 Å². The van der Waals surface area contributed by atoms with Crippen LogP contribution in [0.25, 0.3) is 0 Å². The lowest BCUT2D eigenvalue weighted by atomic mass is 10.0. The molecule has 1 unspecified atom stereocenters. The van der Waals surface area contributed by atoms with Crippen molar-refractivity contribution in [2.75, 3.05) is 11.9 Å². The van der Waals surface area contributed by atoms with Crippen molar-refractivity contribution in [3.8, 4) is 0 Å². The van der Waals surface area contributed by atoms with Gasteiger partial charge in [-0.2, -0.15) is 0 Å². The van der Waals surface area contributed by atoms with Crippen LogP contribution in [0.1, 0.15) is 19.8 Å². The number of nitrogens with one attached hydrogen (secondary N) is 1. The minimum atomic E-state index is -0.563. The molecule has 1 atom stereocenters. The maximum atomic E-state index is 11.8. The first-order chi connectivity index (χ1) is 8.97. The largest absolute Gasteiger partial charge is 0.330 e. The number of carbonyl (C=O) groups excluding carboxylic acids is 1. The lowest BCUT2D eigenvalue weighted by Gasteiger charge is -2.12. The summed E-state index contributed by atoms with van der Waals surface area (Å²) >= 11 is 5.77. The van der Waals surface area contributed by atoms with Crippen LogP contribution in [0.5, 0.6) is 0 Å². The van der Waals surface area contributed by atoms with Crippen molar-refractivity contribution < 1.29 is 9.72 Å². The summed E-state index contributed by atoms with van der Waals surface area (Å²) in [7, 11) is 0. The number of hydrogen-bond acceptors (Lipinski definition) is 4. The number of anilines is 1. The Balaban J connectivity index is 2.83. The van der Waals surface area contributed by atoms with Crippen molar-refractivity contribution in [1.82, 2.24) is 0 Å². The van der Waals surface area contributed by atoms with Gasteiger partial charge in [0.05, 0.1) is 4.92 Å². The normalized spacial score (nSPS) is 11.9. The molecule has 0 heterocycles. The quantitative estimate of drug-likeness (QED) is 0.620. The molecule has 104 valence electrons. The molecule has 0 spiro atoms. The van der Waals surface area contributed by atoms with Gasteiger partial charge in [0, 0.05) is 17.5 Å². The third kappa shape index (κ3) is 4.50. The Hall–Kier alpha value is -1.66. The van der Waals surface area contributed by atoms with Gasteiger partial charge in [-0.05, 0) is 24.6 Å². The molecule has 0 aliphatic rings. The molecule has 1 aromatic rings. The van der Waals surface area contributed by atoms with Crippen molar-refractivity contribution >= 4 is 28.9 Å². The smallest absolute Gasteiger partial charge is 0.292 e. The molecule has 1 aromatic carbocycles. The number of nitrogens with two attached hydrogens (primary N) is 1. The second-order valence-electron chi connectivity index (χ2n) is 4.18. The highest BCUT2D eigenvalue weighted by molar-refractivity contribution is 6.31. The van der Waals surface area contributed by atoms with E-state index >= 15 is 0 Å². The Kier molecular flexibility index (Phi) is 5.72. The van der Waals surface area contributed by atoms with E-state index in [1.165, 1.54) is 18.2 Å². The Labute approximate surface area is 116 Å². The van der Waals surface area contributed by atoms with Crippen LogP contribution in [-0.2, 0) is 4.79 Å². The van der Waals surface area contributed by atoms with Crippen molar-refractivity contribution in [2.45, 2.75) is 19.8 Å². The molecule has 0 aliphatic carbocycles. The van der Waals surface area contributed by atoms with Gasteiger partial charge in [-0.25, -0.2) is 0 Å². The lowest BCUT2D eigenvalue weighted by Crippen LogP contribution is -2.22. The highest BCUT2D eigenvalue weighted by Gasteiger charge is 2.17. The van der Waals surface area contributed by atoms with E-state index in [2.05, 4.69) is 5.32 Å². The number of hydrogen-bond donors (Lipinski definition) is 2. The lowest BCUT2D eigenvalue weighted by molar-refractivity contribution is -0.383. The van der Waals surface area contributed by atoms with E-state index in [0.29, 0.717) is 11.6 Å². The number of benzene rings is 1. The highest BCUT2D eigenvalue weighted by atomic mass is 35.5. The van der Waals surface area contributed by atoms with Gasteiger partial charge in [-0.3, -0.25) is 14.9 Å². The molecule has 3 N–H and O–H groups in total. The number of nitrogens with zero attached hydrogens (tertiary/aromatic N) is 1. The second kappa shape index (κ2) is 7.06. The van der Waals surface area contributed by atoms with Gasteiger partial charge in [0.15, 0.2) is 0 Å². The van der Waals surface area contributed by atoms with E-state index in [-0.39, 0.29) is 29.6 Å². The second-order valence-corrected chi connectivity index (χ2v) is 4.62. The Morgan fingerprint density at radius 1 is 1.58 bits per heavy atom. The Bertz CT molecular complexity index is 475. The predicted octanol–water partition coefficient (Wildman–Crippen LogP) is 2.56. The first-order valence-electron chi connectivity index (χ1n) is 5.91. The summed E-state index contributed by atoms with van der Waals surface area (Å²) in [5.41, 5.74) is 5.44. The summed E-state index contributed by atoms with van der Waals surface area (Å²) in [5.74, 6) is -0.235. The standard InChI is InChI=1S/C12H16ClN3O3/c1-2-8(7-14)5-12(17)15-10-6-9(13)3-4-11(10)16(18)19/h3-4,6,8H,2,5,7,14H2,1H3,(H,15,17). The van der Waals surface area contributed by atoms with Gasteiger partial charge in [-0.15, -0.1) is 0 Å². The molecule has 0 radical (unpaired) electrons. The van der Waals surface area contributed by atoms with Crippen LogP contribution in [0.15, 0.2) is 18.2 Å². The molecule has 0 saturated carbocycles. The first kappa shape index (κ1) is 15.4. The van der Waals surface area contributed by atoms with E-state index in [1.54, 1.807) is 0 Å². The molecule has 1 amide bonds. The van der Waals surface area contributed by atoms with Crippen molar-refractivity contribution in [2.24, 2.45) is 11.7 Å². The van der Waals surface area contributed by atoms with Gasteiger partial charge >= 0.3 is 0 Å². The van der Waals surface area contributed by atoms with Gasteiger partial charge in [0.2, 0.25) is 5.91 Å². The van der Waals surface area contributed by atoms with E-state index in [9.17, 15) is 14.9 Å². The monoisotopic (exact) mass is 285 g/mol. The topological polar surface area (TPSA) is 98.3 Å². The molecule has 0 aromatic heterocycles. The molecule has 0 fully saturated rings. The van der Waals surface area contributed by atoms with Crippen LogP contribution >= 0.6 is 11.6 Å². The van der Waals surface area contributed by atoms with Crippen LogP contribution in [0.4, 0.5) is 11.4 Å². The van der Waals surface area contributed by atoms with Crippen LogP contribution < -0.4 is 11.1 Å². The Morgan fingerprint density at radius 2 is 2.26 bits per heavy atom. The molecular formula is C12H16ClN3O3. The molecule has 1 rings (SSSR count). The van der Waals surface area contributed by atoms with Crippen molar-refractivity contribution in [1.29, 1.82) is 0 Å². The fourth-order valence-electron chi connectivity index (χ4n) is 1.63. The van der Waals surface area contributed by atoms with E-state index in [4.69, 9.17) is 17.3 Å². The molecule has 0 bridgehead atoms. The fourth-order valence-corrected chi connectivity index (χ4v) is 1.80. The summed E-state index contributed by atoms with van der Waals surface area (Å²) in [4.78, 5) is 22.1. The number of amides is 1. The average Bonchev–Trinajstić information content (AvgIpc) is 2.35. The summed E-state index contributed by atoms with van der Waals surface area (Å²) in [5, 5.41) is 13.7. The molecule has 7 heteroatoms. The molecule has 0 aliphatic heterocycles. The summed E-state index contributed by atoms with van der Waals surface area (Å²) in [6.45, 7) is 2.34. The van der Waals surface area contributed by atoms with Crippen LogP contribution in [0.3, 0.4) is 0 Å². The maximum Gasteiger partial charge on any atom is 0.292 e. The first-order valence-corrected chi connectivity index (χ1v) is 6.29. The van der Waals surface area contributed by atoms with Crippen molar-refractivity contribution in [3.05, 3.63) is 33.3 Å². The minimum absolute atomic E-state index is 0.0678. The van der Waals surface area contributed by atoms with Crippen LogP contribution in [0.2, 0.25) is 5.02 Å².